The fourth-order valence-electron chi connectivity index (χ4n) is 4.18. The van der Waals surface area contributed by atoms with Crippen LogP contribution in [-0.4, -0.2) is 44.3 Å². The number of carbonyl (C=O) groups excluding carboxylic acids is 1. The molecule has 1 amide bonds. The minimum absolute atomic E-state index is 0.0828. The Hall–Kier alpha value is -3.32. The van der Waals surface area contributed by atoms with Gasteiger partial charge in [0.05, 0.1) is 6.61 Å². The van der Waals surface area contributed by atoms with Crippen LogP contribution >= 0.6 is 0 Å². The van der Waals surface area contributed by atoms with Crippen LogP contribution < -0.4 is 10.1 Å². The molecule has 3 N–H and O–H groups in total. The molecule has 1 aliphatic rings. The average Bonchev–Trinajstić information content (AvgIpc) is 3.29. The smallest absolute Gasteiger partial charge is 0.264 e. The largest absolute Gasteiger partial charge is 0.477 e. The van der Waals surface area contributed by atoms with Crippen molar-refractivity contribution in [3.05, 3.63) is 48.8 Å². The molecule has 0 bridgehead atoms. The summed E-state index contributed by atoms with van der Waals surface area (Å²) in [6.07, 6.45) is 6.17. The molecule has 4 aromatic rings. The molecule has 30 heavy (non-hydrogen) atoms. The molecule has 1 saturated carbocycles. The van der Waals surface area contributed by atoms with Gasteiger partial charge in [-0.3, -0.25) is 4.79 Å². The van der Waals surface area contributed by atoms with E-state index in [-0.39, 0.29) is 19.1 Å². The number of carbonyl (C=O) groups is 1. The number of rotatable bonds is 6. The molecule has 7 heteroatoms. The lowest BCUT2D eigenvalue weighted by Gasteiger charge is -2.40. The predicted octanol–water partition coefficient (Wildman–Crippen LogP) is 3.13. The highest BCUT2D eigenvalue weighted by Gasteiger charge is 2.46. The van der Waals surface area contributed by atoms with Crippen molar-refractivity contribution in [3.8, 4) is 17.0 Å². The number of nitrogens with zero attached hydrogens (tertiary/aromatic N) is 2. The number of aromatic nitrogens is 3. The van der Waals surface area contributed by atoms with Crippen LogP contribution in [0.1, 0.15) is 19.3 Å². The molecular weight excluding hydrogens is 380 g/mol. The maximum absolute atomic E-state index is 12.6. The van der Waals surface area contributed by atoms with Crippen molar-refractivity contribution in [1.82, 2.24) is 19.9 Å². The molecule has 0 aliphatic heterocycles. The third-order valence-corrected chi connectivity index (χ3v) is 5.93. The second-order valence-corrected chi connectivity index (χ2v) is 7.89. The summed E-state index contributed by atoms with van der Waals surface area (Å²) in [5, 5.41) is 13.9. The number of ether oxygens (including phenoxy) is 1. The fourth-order valence-corrected chi connectivity index (χ4v) is 4.18. The van der Waals surface area contributed by atoms with Crippen molar-refractivity contribution in [2.75, 3.05) is 13.2 Å². The molecule has 0 spiro atoms. The highest BCUT2D eigenvalue weighted by Crippen LogP contribution is 2.39. The lowest BCUT2D eigenvalue weighted by molar-refractivity contribution is -0.144. The van der Waals surface area contributed by atoms with Crippen LogP contribution in [0.5, 0.6) is 5.75 Å². The summed E-state index contributed by atoms with van der Waals surface area (Å²) < 4.78 is 8.32. The van der Waals surface area contributed by atoms with Crippen molar-refractivity contribution >= 4 is 27.8 Å². The Labute approximate surface area is 173 Å². The quantitative estimate of drug-likeness (QED) is 0.460. The highest BCUT2D eigenvalue weighted by atomic mass is 16.5. The average molecular weight is 404 g/mol. The van der Waals surface area contributed by atoms with Gasteiger partial charge in [0, 0.05) is 53.5 Å². The summed E-state index contributed by atoms with van der Waals surface area (Å²) in [7, 11) is 2.02. The third kappa shape index (κ3) is 3.02. The van der Waals surface area contributed by atoms with Gasteiger partial charge >= 0.3 is 0 Å². The molecule has 0 atom stereocenters. The van der Waals surface area contributed by atoms with Gasteiger partial charge in [-0.2, -0.15) is 0 Å². The summed E-state index contributed by atoms with van der Waals surface area (Å²) >= 11 is 0. The van der Waals surface area contributed by atoms with Crippen LogP contribution in [0, 0.1) is 0 Å². The van der Waals surface area contributed by atoms with Gasteiger partial charge in [0.1, 0.15) is 11.4 Å². The topological polar surface area (TPSA) is 92.2 Å². The SMILES string of the molecule is Cn1cc(-c2cc3cccnc3[nH]2)c2cc(OC3(C(=O)NCCO)CCC3)ccc21. The van der Waals surface area contributed by atoms with Gasteiger partial charge in [-0.15, -0.1) is 0 Å². The first-order chi connectivity index (χ1) is 14.6. The van der Waals surface area contributed by atoms with E-state index in [1.165, 1.54) is 0 Å². The Morgan fingerprint density at radius 2 is 2.20 bits per heavy atom. The zero-order valence-corrected chi connectivity index (χ0v) is 16.8. The number of aliphatic hydroxyl groups is 1. The zero-order chi connectivity index (χ0) is 20.7. The molecule has 1 fully saturated rings. The third-order valence-electron chi connectivity index (χ3n) is 5.93. The van der Waals surface area contributed by atoms with Gasteiger partial charge in [0.2, 0.25) is 0 Å². The number of aliphatic hydroxyl groups excluding tert-OH is 1. The molecule has 154 valence electrons. The zero-order valence-electron chi connectivity index (χ0n) is 16.8. The number of aromatic amines is 1. The van der Waals surface area contributed by atoms with E-state index in [0.717, 1.165) is 39.6 Å². The Morgan fingerprint density at radius 1 is 1.33 bits per heavy atom. The van der Waals surface area contributed by atoms with Crippen LogP contribution in [0.15, 0.2) is 48.8 Å². The number of pyridine rings is 1. The van der Waals surface area contributed by atoms with E-state index in [4.69, 9.17) is 9.84 Å². The van der Waals surface area contributed by atoms with Gasteiger partial charge in [0.25, 0.3) is 5.91 Å². The maximum atomic E-state index is 12.6. The lowest BCUT2D eigenvalue weighted by atomic mass is 9.79. The summed E-state index contributed by atoms with van der Waals surface area (Å²) in [6, 6.07) is 12.0. The molecule has 3 heterocycles. The predicted molar refractivity (Wildman–Crippen MR) is 115 cm³/mol. The lowest BCUT2D eigenvalue weighted by Crippen LogP contribution is -2.56. The van der Waals surface area contributed by atoms with Crippen LogP contribution in [-0.2, 0) is 11.8 Å². The van der Waals surface area contributed by atoms with E-state index in [2.05, 4.69) is 32.1 Å². The molecule has 7 nitrogen and oxygen atoms in total. The maximum Gasteiger partial charge on any atom is 0.264 e. The number of fused-ring (bicyclic) bond motifs is 2. The highest BCUT2D eigenvalue weighted by molar-refractivity contribution is 5.98. The van der Waals surface area contributed by atoms with E-state index >= 15 is 0 Å². The first-order valence-corrected chi connectivity index (χ1v) is 10.2. The first kappa shape index (κ1) is 18.7. The number of benzene rings is 1. The molecule has 3 aromatic heterocycles. The van der Waals surface area contributed by atoms with Crippen molar-refractivity contribution < 1.29 is 14.6 Å². The molecular formula is C23H24N4O3. The number of hydrogen-bond acceptors (Lipinski definition) is 4. The first-order valence-electron chi connectivity index (χ1n) is 10.2. The minimum atomic E-state index is -0.844. The van der Waals surface area contributed by atoms with Gasteiger partial charge in [-0.1, -0.05) is 0 Å². The Kier molecular flexibility index (Phi) is 4.47. The number of nitrogens with one attached hydrogen (secondary N) is 2. The molecule has 1 aromatic carbocycles. The molecule has 5 rings (SSSR count). The van der Waals surface area contributed by atoms with Crippen molar-refractivity contribution in [3.63, 3.8) is 0 Å². The second kappa shape index (κ2) is 7.18. The van der Waals surface area contributed by atoms with Crippen molar-refractivity contribution in [2.45, 2.75) is 24.9 Å². The van der Waals surface area contributed by atoms with E-state index in [1.807, 2.05) is 37.4 Å². The van der Waals surface area contributed by atoms with Crippen LogP contribution in [0.4, 0.5) is 0 Å². The summed E-state index contributed by atoms with van der Waals surface area (Å²) in [5.41, 5.74) is 3.14. The Bertz CT molecular complexity index is 1200. The van der Waals surface area contributed by atoms with Gasteiger partial charge in [0.15, 0.2) is 5.60 Å². The molecule has 0 radical (unpaired) electrons. The minimum Gasteiger partial charge on any atom is -0.477 e. The summed E-state index contributed by atoms with van der Waals surface area (Å²) in [5.74, 6) is 0.515. The Morgan fingerprint density at radius 3 is 2.93 bits per heavy atom. The van der Waals surface area contributed by atoms with Gasteiger partial charge in [-0.25, -0.2) is 4.98 Å². The Balaban J connectivity index is 1.52. The van der Waals surface area contributed by atoms with E-state index in [1.54, 1.807) is 6.20 Å². The van der Waals surface area contributed by atoms with E-state index < -0.39 is 5.60 Å². The number of hydrogen-bond donors (Lipinski definition) is 3. The fraction of sp³-hybridized carbons (Fsp3) is 0.304. The number of H-pyrrole nitrogens is 1. The monoisotopic (exact) mass is 404 g/mol. The molecule has 1 aliphatic carbocycles. The van der Waals surface area contributed by atoms with Gasteiger partial charge in [-0.05, 0) is 55.7 Å². The van der Waals surface area contributed by atoms with E-state index in [9.17, 15) is 4.79 Å². The van der Waals surface area contributed by atoms with Crippen LogP contribution in [0.3, 0.4) is 0 Å². The standard InChI is InChI=1S/C23H24N4O3/c1-27-14-18(19-12-15-4-2-9-24-21(15)26-19)17-13-16(5-6-20(17)27)30-23(7-3-8-23)22(29)25-10-11-28/h2,4-6,9,12-14,28H,3,7-8,10-11H2,1H3,(H,24,26)(H,25,29). The summed E-state index contributed by atoms with van der Waals surface area (Å²) in [4.78, 5) is 20.4. The second-order valence-electron chi connectivity index (χ2n) is 7.89. The van der Waals surface area contributed by atoms with Crippen molar-refractivity contribution in [2.24, 2.45) is 7.05 Å². The van der Waals surface area contributed by atoms with Crippen LogP contribution in [0.25, 0.3) is 33.2 Å². The molecule has 0 unspecified atom stereocenters. The number of aryl methyl sites for hydroxylation is 1. The van der Waals surface area contributed by atoms with Gasteiger partial charge < -0.3 is 24.7 Å². The normalized spacial score (nSPS) is 15.3. The molecule has 0 saturated heterocycles. The number of amides is 1. The van der Waals surface area contributed by atoms with E-state index in [0.29, 0.717) is 18.6 Å². The summed E-state index contributed by atoms with van der Waals surface area (Å²) in [6.45, 7) is 0.154. The van der Waals surface area contributed by atoms with Crippen molar-refractivity contribution in [1.29, 1.82) is 0 Å². The van der Waals surface area contributed by atoms with Crippen LogP contribution in [0.2, 0.25) is 0 Å².